The van der Waals surface area contributed by atoms with Gasteiger partial charge in [0, 0.05) is 0 Å². The van der Waals surface area contributed by atoms with Gasteiger partial charge >= 0.3 is 11.9 Å². The second-order valence-electron chi connectivity index (χ2n) is 6.05. The number of nitrogens with zero attached hydrogens (tertiary/aromatic N) is 1. The van der Waals surface area contributed by atoms with Crippen LogP contribution in [0.4, 0.5) is 5.69 Å². The van der Waals surface area contributed by atoms with Crippen LogP contribution in [0.3, 0.4) is 0 Å². The number of methoxy groups -OCH3 is 2. The summed E-state index contributed by atoms with van der Waals surface area (Å²) in [6.45, 7) is 1.95. The minimum Gasteiger partial charge on any atom is -0.466 e. The van der Waals surface area contributed by atoms with Crippen LogP contribution in [-0.4, -0.2) is 39.5 Å². The van der Waals surface area contributed by atoms with E-state index in [0.29, 0.717) is 17.2 Å². The van der Waals surface area contributed by atoms with Crippen LogP contribution in [-0.2, 0) is 23.8 Å². The number of para-hydroxylation sites is 3. The van der Waals surface area contributed by atoms with Crippen molar-refractivity contribution in [2.45, 2.75) is 6.92 Å². The number of carbonyl (C=O) groups is 2. The third kappa shape index (κ3) is 3.84. The summed E-state index contributed by atoms with van der Waals surface area (Å²) in [4.78, 5) is 26.2. The first-order valence-corrected chi connectivity index (χ1v) is 8.64. The number of esters is 2. The Morgan fingerprint density at radius 1 is 0.929 bits per heavy atom. The molecule has 0 spiro atoms. The van der Waals surface area contributed by atoms with Gasteiger partial charge in [-0.15, -0.1) is 0 Å². The van der Waals surface area contributed by atoms with Crippen LogP contribution in [0.1, 0.15) is 5.56 Å². The van der Waals surface area contributed by atoms with E-state index < -0.39 is 11.9 Å². The van der Waals surface area contributed by atoms with Crippen molar-refractivity contribution in [3.63, 3.8) is 0 Å². The quantitative estimate of drug-likeness (QED) is 0.734. The third-order valence-corrected chi connectivity index (χ3v) is 4.30. The molecule has 0 saturated heterocycles. The number of benzene rings is 2. The molecular weight excluding hydrogens is 362 g/mol. The molecule has 0 fully saturated rings. The number of carbonyl (C=O) groups excluding carboxylic acids is 2. The molecule has 2 aromatic carbocycles. The Kier molecular flexibility index (Phi) is 5.96. The lowest BCUT2D eigenvalue weighted by molar-refractivity contribution is -0.140. The highest BCUT2D eigenvalue weighted by Crippen LogP contribution is 2.37. The number of anilines is 1. The minimum absolute atomic E-state index is 0.0472. The molecule has 0 bridgehead atoms. The van der Waals surface area contributed by atoms with Gasteiger partial charge in [0.15, 0.2) is 5.75 Å². The van der Waals surface area contributed by atoms with E-state index in [-0.39, 0.29) is 24.6 Å². The highest BCUT2D eigenvalue weighted by Gasteiger charge is 2.33. The van der Waals surface area contributed by atoms with Gasteiger partial charge in [0.1, 0.15) is 18.2 Å². The number of rotatable bonds is 5. The highest BCUT2D eigenvalue weighted by molar-refractivity contribution is 6.03. The fourth-order valence-corrected chi connectivity index (χ4v) is 2.89. The van der Waals surface area contributed by atoms with Crippen molar-refractivity contribution >= 4 is 17.6 Å². The molecule has 0 aromatic heterocycles. The molecule has 146 valence electrons. The molecule has 0 saturated carbocycles. The fourth-order valence-electron chi connectivity index (χ4n) is 2.89. The van der Waals surface area contributed by atoms with Crippen molar-refractivity contribution in [2.75, 3.05) is 32.5 Å². The Morgan fingerprint density at radius 3 is 2.25 bits per heavy atom. The van der Waals surface area contributed by atoms with E-state index in [4.69, 9.17) is 18.9 Å². The van der Waals surface area contributed by atoms with Crippen molar-refractivity contribution in [2.24, 2.45) is 0 Å². The average molecular weight is 383 g/mol. The minimum atomic E-state index is -0.658. The van der Waals surface area contributed by atoms with Gasteiger partial charge in [0.25, 0.3) is 0 Å². The summed E-state index contributed by atoms with van der Waals surface area (Å²) in [5, 5.41) is 0. The molecule has 0 atom stereocenters. The summed E-state index contributed by atoms with van der Waals surface area (Å²) in [6, 6.07) is 14.8. The molecule has 3 rings (SSSR count). The second kappa shape index (κ2) is 8.58. The zero-order valence-electron chi connectivity index (χ0n) is 15.9. The van der Waals surface area contributed by atoms with Crippen LogP contribution in [0.5, 0.6) is 11.5 Å². The van der Waals surface area contributed by atoms with Crippen molar-refractivity contribution < 1.29 is 28.5 Å². The monoisotopic (exact) mass is 383 g/mol. The number of hydrogen-bond donors (Lipinski definition) is 0. The van der Waals surface area contributed by atoms with Crippen molar-refractivity contribution in [3.8, 4) is 11.5 Å². The highest BCUT2D eigenvalue weighted by atomic mass is 16.5. The Labute approximate surface area is 163 Å². The van der Waals surface area contributed by atoms with Crippen molar-refractivity contribution in [1.82, 2.24) is 0 Å². The van der Waals surface area contributed by atoms with Crippen LogP contribution >= 0.6 is 0 Å². The van der Waals surface area contributed by atoms with E-state index in [9.17, 15) is 9.59 Å². The van der Waals surface area contributed by atoms with Gasteiger partial charge in [-0.05, 0) is 30.7 Å². The predicted octanol–water partition coefficient (Wildman–Crippen LogP) is 3.18. The Bertz CT molecular complexity index is 921. The zero-order chi connectivity index (χ0) is 20.1. The maximum atomic E-state index is 12.5. The predicted molar refractivity (Wildman–Crippen MR) is 102 cm³/mol. The normalized spacial score (nSPS) is 13.9. The number of ether oxygens (including phenoxy) is 4. The SMILES string of the molecule is COC(=O)C1=C(C(=O)OC)N(c2ccccc2Oc2ccccc2C)COC1. The number of aryl methyl sites for hydroxylation is 1. The van der Waals surface area contributed by atoms with E-state index in [2.05, 4.69) is 0 Å². The van der Waals surface area contributed by atoms with E-state index in [0.717, 1.165) is 5.56 Å². The third-order valence-electron chi connectivity index (χ3n) is 4.30. The number of hydrogen-bond acceptors (Lipinski definition) is 7. The molecule has 28 heavy (non-hydrogen) atoms. The molecule has 0 N–H and O–H groups in total. The largest absolute Gasteiger partial charge is 0.466 e. The van der Waals surface area contributed by atoms with Gasteiger partial charge in [0.05, 0.1) is 32.1 Å². The second-order valence-corrected chi connectivity index (χ2v) is 6.05. The Hall–Kier alpha value is -3.32. The molecule has 1 aliphatic rings. The summed E-state index contributed by atoms with van der Waals surface area (Å²) in [7, 11) is 2.51. The van der Waals surface area contributed by atoms with E-state index >= 15 is 0 Å². The first-order chi connectivity index (χ1) is 13.6. The molecule has 1 heterocycles. The summed E-state index contributed by atoms with van der Waals surface area (Å²) < 4.78 is 21.3. The first-order valence-electron chi connectivity index (χ1n) is 8.64. The van der Waals surface area contributed by atoms with Gasteiger partial charge in [-0.25, -0.2) is 9.59 Å². The summed E-state index contributed by atoms with van der Waals surface area (Å²) >= 11 is 0. The standard InChI is InChI=1S/C21H21NO6/c1-14-8-4-6-10-17(14)28-18-11-7-5-9-16(18)22-13-27-12-15(20(23)25-2)19(22)21(24)26-3/h4-11H,12-13H2,1-3H3. The van der Waals surface area contributed by atoms with E-state index in [1.165, 1.54) is 14.2 Å². The van der Waals surface area contributed by atoms with Crippen LogP contribution in [0.2, 0.25) is 0 Å². The Morgan fingerprint density at radius 2 is 1.57 bits per heavy atom. The van der Waals surface area contributed by atoms with Crippen molar-refractivity contribution in [3.05, 3.63) is 65.4 Å². The Balaban J connectivity index is 2.08. The van der Waals surface area contributed by atoms with Crippen LogP contribution in [0, 0.1) is 6.92 Å². The van der Waals surface area contributed by atoms with E-state index in [1.807, 2.05) is 37.3 Å². The maximum absolute atomic E-state index is 12.5. The van der Waals surface area contributed by atoms with Gasteiger partial charge in [-0.2, -0.15) is 0 Å². The van der Waals surface area contributed by atoms with E-state index in [1.54, 1.807) is 23.1 Å². The molecule has 0 amide bonds. The molecule has 1 aliphatic heterocycles. The first kappa shape index (κ1) is 19.4. The smallest absolute Gasteiger partial charge is 0.355 e. The molecule has 2 aromatic rings. The van der Waals surface area contributed by atoms with Crippen LogP contribution in [0.15, 0.2) is 59.8 Å². The molecule has 7 heteroatoms. The summed E-state index contributed by atoms with van der Waals surface area (Å²) in [5.41, 5.74) is 1.69. The van der Waals surface area contributed by atoms with Crippen LogP contribution < -0.4 is 9.64 Å². The molecular formula is C21H21NO6. The van der Waals surface area contributed by atoms with Gasteiger partial charge in [-0.3, -0.25) is 0 Å². The lowest BCUT2D eigenvalue weighted by Crippen LogP contribution is -2.38. The van der Waals surface area contributed by atoms with Crippen molar-refractivity contribution in [1.29, 1.82) is 0 Å². The van der Waals surface area contributed by atoms with Gasteiger partial charge in [-0.1, -0.05) is 30.3 Å². The lowest BCUT2D eigenvalue weighted by atomic mass is 10.1. The lowest BCUT2D eigenvalue weighted by Gasteiger charge is -2.32. The molecule has 0 aliphatic carbocycles. The maximum Gasteiger partial charge on any atom is 0.355 e. The zero-order valence-corrected chi connectivity index (χ0v) is 15.9. The van der Waals surface area contributed by atoms with Gasteiger partial charge in [0.2, 0.25) is 0 Å². The summed E-state index contributed by atoms with van der Waals surface area (Å²) in [5.74, 6) is -0.116. The average Bonchev–Trinajstić information content (AvgIpc) is 2.74. The molecule has 7 nitrogen and oxygen atoms in total. The summed E-state index contributed by atoms with van der Waals surface area (Å²) in [6.07, 6.45) is 0. The molecule has 0 unspecified atom stereocenters. The molecule has 0 radical (unpaired) electrons. The van der Waals surface area contributed by atoms with Gasteiger partial charge < -0.3 is 23.8 Å². The fraction of sp³-hybridized carbons (Fsp3) is 0.238. The topological polar surface area (TPSA) is 74.3 Å². The van der Waals surface area contributed by atoms with Crippen LogP contribution in [0.25, 0.3) is 0 Å².